The SMILES string of the molecule is CCCCCCN(CCCCCC)c1ccc(C(=O)c2ccccc2C(=O)OC(CO)C2OC(=O)C(O)C2=O)c(O)c1. The van der Waals surface area contributed by atoms with Crippen LogP contribution in [0.3, 0.4) is 0 Å². The van der Waals surface area contributed by atoms with Gasteiger partial charge in [-0.1, -0.05) is 70.6 Å². The summed E-state index contributed by atoms with van der Waals surface area (Å²) in [4.78, 5) is 52.4. The highest BCUT2D eigenvalue weighted by atomic mass is 16.6. The van der Waals surface area contributed by atoms with Gasteiger partial charge < -0.3 is 29.7 Å². The third kappa shape index (κ3) is 8.17. The maximum absolute atomic E-state index is 13.5. The molecule has 1 aliphatic heterocycles. The Bertz CT molecular complexity index is 1230. The Labute approximate surface area is 246 Å². The molecule has 0 radical (unpaired) electrons. The molecular weight excluding hydrogens is 542 g/mol. The smallest absolute Gasteiger partial charge is 0.343 e. The molecule has 3 unspecified atom stereocenters. The van der Waals surface area contributed by atoms with Crippen LogP contribution in [0.25, 0.3) is 0 Å². The number of aliphatic hydroxyl groups excluding tert-OH is 2. The van der Waals surface area contributed by atoms with Crippen LogP contribution in [0.1, 0.15) is 91.5 Å². The quantitative estimate of drug-likeness (QED) is 0.108. The van der Waals surface area contributed by atoms with E-state index in [4.69, 9.17) is 9.47 Å². The minimum Gasteiger partial charge on any atom is -0.507 e. The minimum absolute atomic E-state index is 0.00218. The normalized spacial score (nSPS) is 17.1. The number of carbonyl (C=O) groups excluding carboxylic acids is 4. The van der Waals surface area contributed by atoms with Gasteiger partial charge in [-0.25, -0.2) is 9.59 Å². The van der Waals surface area contributed by atoms with E-state index in [9.17, 15) is 34.5 Å². The highest BCUT2D eigenvalue weighted by Crippen LogP contribution is 2.29. The Hall–Kier alpha value is -3.76. The average molecular weight is 584 g/mol. The monoisotopic (exact) mass is 583 g/mol. The first-order chi connectivity index (χ1) is 20.2. The molecule has 2 aromatic rings. The highest BCUT2D eigenvalue weighted by Gasteiger charge is 2.48. The highest BCUT2D eigenvalue weighted by molar-refractivity contribution is 6.16. The summed E-state index contributed by atoms with van der Waals surface area (Å²) in [7, 11) is 0. The molecule has 10 heteroatoms. The summed E-state index contributed by atoms with van der Waals surface area (Å²) < 4.78 is 10.00. The fourth-order valence-electron chi connectivity index (χ4n) is 4.92. The molecule has 3 atom stereocenters. The van der Waals surface area contributed by atoms with E-state index in [1.807, 2.05) is 0 Å². The zero-order valence-corrected chi connectivity index (χ0v) is 24.3. The predicted octanol–water partition coefficient (Wildman–Crippen LogP) is 3.96. The molecule has 0 saturated carbocycles. The second-order valence-corrected chi connectivity index (χ2v) is 10.5. The zero-order valence-electron chi connectivity index (χ0n) is 24.3. The Morgan fingerprint density at radius 3 is 2.05 bits per heavy atom. The van der Waals surface area contributed by atoms with Crippen LogP contribution in [-0.4, -0.2) is 76.8 Å². The van der Waals surface area contributed by atoms with Crippen molar-refractivity contribution in [1.82, 2.24) is 0 Å². The van der Waals surface area contributed by atoms with Gasteiger partial charge in [0.2, 0.25) is 18.0 Å². The molecular formula is C32H41NO9. The number of Topliss-reactive ketones (excluding diaryl/α,β-unsaturated/α-hetero) is 1. The summed E-state index contributed by atoms with van der Waals surface area (Å²) in [5, 5.41) is 30.2. The third-order valence-electron chi connectivity index (χ3n) is 7.34. The van der Waals surface area contributed by atoms with Gasteiger partial charge in [0, 0.05) is 30.4 Å². The van der Waals surface area contributed by atoms with E-state index >= 15 is 0 Å². The number of cyclic esters (lactones) is 1. The lowest BCUT2D eigenvalue weighted by molar-refractivity contribution is -0.151. The second kappa shape index (κ2) is 16.0. The van der Waals surface area contributed by atoms with Crippen LogP contribution >= 0.6 is 0 Å². The minimum atomic E-state index is -2.02. The van der Waals surface area contributed by atoms with Crippen LogP contribution in [0.15, 0.2) is 42.5 Å². The van der Waals surface area contributed by atoms with Gasteiger partial charge >= 0.3 is 11.9 Å². The predicted molar refractivity (Wildman–Crippen MR) is 156 cm³/mol. The van der Waals surface area contributed by atoms with Crippen LogP contribution in [0, 0.1) is 0 Å². The van der Waals surface area contributed by atoms with Crippen molar-refractivity contribution in [3.63, 3.8) is 0 Å². The number of phenolic OH excluding ortho intramolecular Hbond substituents is 1. The van der Waals surface area contributed by atoms with Crippen molar-refractivity contribution in [2.45, 2.75) is 83.5 Å². The number of esters is 2. The first kappa shape index (κ1) is 32.8. The van der Waals surface area contributed by atoms with Gasteiger partial charge in [-0.2, -0.15) is 0 Å². The van der Waals surface area contributed by atoms with Crippen molar-refractivity contribution >= 4 is 29.2 Å². The van der Waals surface area contributed by atoms with Gasteiger partial charge in [-0.3, -0.25) is 9.59 Å². The molecule has 0 bridgehead atoms. The van der Waals surface area contributed by atoms with E-state index in [2.05, 4.69) is 18.7 Å². The van der Waals surface area contributed by atoms with E-state index < -0.39 is 48.4 Å². The second-order valence-electron chi connectivity index (χ2n) is 10.5. The van der Waals surface area contributed by atoms with Gasteiger partial charge in [0.15, 0.2) is 11.9 Å². The molecule has 1 saturated heterocycles. The van der Waals surface area contributed by atoms with Crippen molar-refractivity contribution < 1.29 is 44.0 Å². The van der Waals surface area contributed by atoms with Gasteiger partial charge in [0.05, 0.1) is 17.7 Å². The number of unbranched alkanes of at least 4 members (excludes halogenated alkanes) is 6. The first-order valence-corrected chi connectivity index (χ1v) is 14.7. The van der Waals surface area contributed by atoms with Crippen molar-refractivity contribution in [2.24, 2.45) is 0 Å². The van der Waals surface area contributed by atoms with Crippen LogP contribution in [0.4, 0.5) is 5.69 Å². The molecule has 0 aromatic heterocycles. The maximum atomic E-state index is 13.5. The van der Waals surface area contributed by atoms with E-state index in [0.717, 1.165) is 70.1 Å². The van der Waals surface area contributed by atoms with Gasteiger partial charge in [0.25, 0.3) is 0 Å². The fraction of sp³-hybridized carbons (Fsp3) is 0.500. The number of rotatable bonds is 17. The fourth-order valence-corrected chi connectivity index (χ4v) is 4.92. The number of aromatic hydroxyl groups is 1. The molecule has 2 aromatic carbocycles. The van der Waals surface area contributed by atoms with E-state index in [1.165, 1.54) is 24.3 Å². The van der Waals surface area contributed by atoms with E-state index in [-0.39, 0.29) is 22.4 Å². The van der Waals surface area contributed by atoms with Crippen molar-refractivity contribution in [3.05, 3.63) is 59.2 Å². The maximum Gasteiger partial charge on any atom is 0.343 e. The van der Waals surface area contributed by atoms with Gasteiger partial charge in [-0.15, -0.1) is 0 Å². The van der Waals surface area contributed by atoms with E-state index in [0.29, 0.717) is 0 Å². The summed E-state index contributed by atoms with van der Waals surface area (Å²) in [6.45, 7) is 5.15. The molecule has 42 heavy (non-hydrogen) atoms. The third-order valence-corrected chi connectivity index (χ3v) is 7.34. The number of benzene rings is 2. The van der Waals surface area contributed by atoms with Crippen LogP contribution in [0.5, 0.6) is 5.75 Å². The van der Waals surface area contributed by atoms with Crippen molar-refractivity contribution in [1.29, 1.82) is 0 Å². The molecule has 1 heterocycles. The number of anilines is 1. The van der Waals surface area contributed by atoms with Crippen molar-refractivity contribution in [2.75, 3.05) is 24.6 Å². The molecule has 3 N–H and O–H groups in total. The first-order valence-electron chi connectivity index (χ1n) is 14.7. The lowest BCUT2D eigenvalue weighted by Gasteiger charge is -2.25. The molecule has 10 nitrogen and oxygen atoms in total. The zero-order chi connectivity index (χ0) is 30.6. The number of ketones is 2. The Balaban J connectivity index is 1.80. The number of hydrogen-bond acceptors (Lipinski definition) is 10. The summed E-state index contributed by atoms with van der Waals surface area (Å²) in [6.07, 6.45) is 3.61. The topological polar surface area (TPSA) is 151 Å². The Morgan fingerprint density at radius 1 is 0.905 bits per heavy atom. The Morgan fingerprint density at radius 2 is 1.52 bits per heavy atom. The standard InChI is InChI=1S/C32H41NO9/c1-3-5-7-11-17-33(18-12-8-6-4-2)21-15-16-24(25(35)19-21)27(36)22-13-9-10-14-23(22)31(39)41-26(20-34)30-28(37)29(38)32(40)42-30/h9-10,13-16,19,26,29-30,34-35,38H,3-8,11-12,17-18,20H2,1-2H3. The van der Waals surface area contributed by atoms with Crippen LogP contribution < -0.4 is 4.90 Å². The summed E-state index contributed by atoms with van der Waals surface area (Å²) in [5.74, 6) is -4.13. The summed E-state index contributed by atoms with van der Waals surface area (Å²) in [5.41, 5.74) is 0.578. The van der Waals surface area contributed by atoms with Crippen molar-refractivity contribution in [3.8, 4) is 5.75 Å². The Kier molecular flexibility index (Phi) is 12.5. The summed E-state index contributed by atoms with van der Waals surface area (Å²) >= 11 is 0. The van der Waals surface area contributed by atoms with Crippen LogP contribution in [0.2, 0.25) is 0 Å². The number of ether oxygens (including phenoxy) is 2. The number of nitrogens with zero attached hydrogens (tertiary/aromatic N) is 1. The number of carbonyl (C=O) groups is 4. The molecule has 228 valence electrons. The lowest BCUT2D eigenvalue weighted by atomic mass is 9.97. The molecule has 3 rings (SSSR count). The largest absolute Gasteiger partial charge is 0.507 e. The number of hydrogen-bond donors (Lipinski definition) is 3. The molecule has 0 spiro atoms. The molecule has 1 aliphatic rings. The van der Waals surface area contributed by atoms with Gasteiger partial charge in [0.1, 0.15) is 5.75 Å². The molecule has 1 fully saturated rings. The van der Waals surface area contributed by atoms with Gasteiger partial charge in [-0.05, 0) is 31.0 Å². The molecule has 0 aliphatic carbocycles. The number of aliphatic hydroxyl groups is 2. The van der Waals surface area contributed by atoms with Crippen LogP contribution in [-0.2, 0) is 19.1 Å². The van der Waals surface area contributed by atoms with E-state index in [1.54, 1.807) is 18.2 Å². The molecule has 0 amide bonds. The average Bonchev–Trinajstić information content (AvgIpc) is 3.25. The summed E-state index contributed by atoms with van der Waals surface area (Å²) in [6, 6.07) is 10.7. The number of phenols is 1. The lowest BCUT2D eigenvalue weighted by Crippen LogP contribution is -2.40.